The molecule has 0 bridgehead atoms. The second-order valence-electron chi connectivity index (χ2n) is 7.82. The first-order valence-electron chi connectivity index (χ1n) is 10.3. The summed E-state index contributed by atoms with van der Waals surface area (Å²) >= 11 is 0. The molecular formula is C23H26F3N3O3. The van der Waals surface area contributed by atoms with Crippen molar-refractivity contribution in [3.05, 3.63) is 54.4 Å². The molecule has 0 fully saturated rings. The summed E-state index contributed by atoms with van der Waals surface area (Å²) in [6.07, 6.45) is -3.38. The van der Waals surface area contributed by atoms with Gasteiger partial charge in [-0.3, -0.25) is 4.79 Å². The molecule has 172 valence electrons. The fourth-order valence-corrected chi connectivity index (χ4v) is 3.36. The molecule has 0 aliphatic carbocycles. The number of hydrogen-bond donors (Lipinski definition) is 2. The minimum Gasteiger partial charge on any atom is -0.484 e. The number of alkyl halides is 3. The maximum absolute atomic E-state index is 12.6. The average molecular weight is 449 g/mol. The molecule has 1 aliphatic rings. The van der Waals surface area contributed by atoms with Crippen LogP contribution in [0.15, 0.2) is 48.8 Å². The largest absolute Gasteiger partial charge is 0.484 e. The first-order valence-corrected chi connectivity index (χ1v) is 10.3. The van der Waals surface area contributed by atoms with Crippen LogP contribution in [0.2, 0.25) is 0 Å². The molecule has 0 saturated heterocycles. The number of nitrogens with zero attached hydrogens (tertiary/aromatic N) is 1. The number of para-hydroxylation sites is 1. The van der Waals surface area contributed by atoms with E-state index in [0.29, 0.717) is 47.3 Å². The molecule has 1 aromatic carbocycles. The molecule has 1 aliphatic heterocycles. The van der Waals surface area contributed by atoms with Crippen LogP contribution in [0.4, 0.5) is 24.5 Å². The Morgan fingerprint density at radius 2 is 2.06 bits per heavy atom. The van der Waals surface area contributed by atoms with Crippen molar-refractivity contribution in [3.8, 4) is 11.6 Å². The predicted octanol–water partition coefficient (Wildman–Crippen LogP) is 5.33. The van der Waals surface area contributed by atoms with Crippen LogP contribution in [0, 0.1) is 5.92 Å². The molecule has 2 heterocycles. The molecule has 32 heavy (non-hydrogen) atoms. The van der Waals surface area contributed by atoms with Gasteiger partial charge in [-0.05, 0) is 30.4 Å². The van der Waals surface area contributed by atoms with Gasteiger partial charge in [0, 0.05) is 30.8 Å². The van der Waals surface area contributed by atoms with E-state index < -0.39 is 12.6 Å². The lowest BCUT2D eigenvalue weighted by atomic mass is 9.99. The topological polar surface area (TPSA) is 72.5 Å². The number of ether oxygens (including phenoxy) is 2. The van der Waals surface area contributed by atoms with Gasteiger partial charge in [-0.15, -0.1) is 0 Å². The van der Waals surface area contributed by atoms with Crippen LogP contribution >= 0.6 is 0 Å². The summed E-state index contributed by atoms with van der Waals surface area (Å²) in [4.78, 5) is 15.4. The highest BCUT2D eigenvalue weighted by Crippen LogP contribution is 2.34. The van der Waals surface area contributed by atoms with Crippen molar-refractivity contribution in [2.24, 2.45) is 5.92 Å². The monoisotopic (exact) mass is 449 g/mol. The van der Waals surface area contributed by atoms with Crippen LogP contribution in [-0.4, -0.2) is 29.8 Å². The number of allylic oxidation sites excluding steroid dienone is 1. The zero-order chi connectivity index (χ0) is 23.3. The molecule has 3 rings (SSSR count). The number of anilines is 2. The summed E-state index contributed by atoms with van der Waals surface area (Å²) in [5.74, 6) is 0.551. The summed E-state index contributed by atoms with van der Waals surface area (Å²) in [5, 5.41) is 5.81. The molecule has 2 aromatic rings. The number of fused-ring (bicyclic) bond motifs is 1. The van der Waals surface area contributed by atoms with Gasteiger partial charge in [0.1, 0.15) is 12.7 Å². The van der Waals surface area contributed by atoms with Gasteiger partial charge in [-0.1, -0.05) is 31.7 Å². The third-order valence-corrected chi connectivity index (χ3v) is 5.04. The fourth-order valence-electron chi connectivity index (χ4n) is 3.36. The maximum Gasteiger partial charge on any atom is 0.389 e. The molecular weight excluding hydrogens is 423 g/mol. The highest BCUT2D eigenvalue weighted by Gasteiger charge is 2.28. The number of hydrogen-bond acceptors (Lipinski definition) is 5. The van der Waals surface area contributed by atoms with Crippen molar-refractivity contribution < 1.29 is 27.4 Å². The van der Waals surface area contributed by atoms with Crippen LogP contribution in [0.3, 0.4) is 0 Å². The number of carbonyl (C=O) groups excluding carboxylic acids is 1. The number of aryl methyl sites for hydroxylation is 1. The molecule has 9 heteroatoms. The van der Waals surface area contributed by atoms with Crippen LogP contribution in [-0.2, 0) is 11.2 Å². The normalized spacial score (nSPS) is 16.2. The van der Waals surface area contributed by atoms with E-state index in [1.165, 1.54) is 13.1 Å². The number of benzene rings is 1. The summed E-state index contributed by atoms with van der Waals surface area (Å²) in [7, 11) is 0. The Balaban J connectivity index is 1.57. The number of rotatable bonds is 8. The highest BCUT2D eigenvalue weighted by atomic mass is 19.4. The third kappa shape index (κ3) is 6.63. The van der Waals surface area contributed by atoms with E-state index in [-0.39, 0.29) is 24.3 Å². The van der Waals surface area contributed by atoms with E-state index in [1.54, 1.807) is 30.3 Å². The Hall–Kier alpha value is -3.23. The van der Waals surface area contributed by atoms with Gasteiger partial charge in [-0.25, -0.2) is 4.98 Å². The quantitative estimate of drug-likeness (QED) is 0.570. The second kappa shape index (κ2) is 9.93. The van der Waals surface area contributed by atoms with Gasteiger partial charge in [0.15, 0.2) is 5.75 Å². The van der Waals surface area contributed by atoms with Crippen molar-refractivity contribution in [3.63, 3.8) is 0 Å². The molecule has 0 spiro atoms. The Morgan fingerprint density at radius 1 is 1.31 bits per heavy atom. The standard InChI is InChI=1S/C23H26F3N3O3/c1-14(15(2)28-20-7-5-4-6-17(20)8-9-23(24,25)26)10-19-13-31-21-11-18(29-16(3)30)12-27-22(21)32-19/h4-7,11-12,14,19,28H,2,8-10,13H2,1,3H3,(H,29,30). The van der Waals surface area contributed by atoms with Crippen molar-refractivity contribution in [2.75, 3.05) is 17.2 Å². The van der Waals surface area contributed by atoms with Crippen LogP contribution < -0.4 is 20.1 Å². The van der Waals surface area contributed by atoms with Crippen LogP contribution in [0.5, 0.6) is 11.6 Å². The Kier molecular flexibility index (Phi) is 7.27. The summed E-state index contributed by atoms with van der Waals surface area (Å²) in [6.45, 7) is 7.73. The number of pyridine rings is 1. The average Bonchev–Trinajstić information content (AvgIpc) is 2.72. The second-order valence-corrected chi connectivity index (χ2v) is 7.82. The van der Waals surface area contributed by atoms with Crippen molar-refractivity contribution >= 4 is 17.3 Å². The summed E-state index contributed by atoms with van der Waals surface area (Å²) < 4.78 is 49.5. The number of carbonyl (C=O) groups is 1. The molecule has 0 radical (unpaired) electrons. The zero-order valence-electron chi connectivity index (χ0n) is 18.0. The van der Waals surface area contributed by atoms with Gasteiger partial charge in [0.25, 0.3) is 5.88 Å². The molecule has 0 saturated carbocycles. The van der Waals surface area contributed by atoms with Crippen molar-refractivity contribution in [1.29, 1.82) is 0 Å². The first kappa shape index (κ1) is 23.4. The highest BCUT2D eigenvalue weighted by molar-refractivity contribution is 5.88. The van der Waals surface area contributed by atoms with E-state index in [0.717, 1.165) is 0 Å². The lowest BCUT2D eigenvalue weighted by molar-refractivity contribution is -0.134. The fraction of sp³-hybridized carbons (Fsp3) is 0.391. The van der Waals surface area contributed by atoms with Gasteiger partial charge >= 0.3 is 6.18 Å². The molecule has 2 atom stereocenters. The Bertz CT molecular complexity index is 978. The molecule has 1 aromatic heterocycles. The smallest absolute Gasteiger partial charge is 0.389 e. The van der Waals surface area contributed by atoms with Gasteiger partial charge in [-0.2, -0.15) is 13.2 Å². The third-order valence-electron chi connectivity index (χ3n) is 5.04. The predicted molar refractivity (Wildman–Crippen MR) is 116 cm³/mol. The van der Waals surface area contributed by atoms with E-state index in [1.807, 2.05) is 6.92 Å². The number of halogens is 3. The SMILES string of the molecule is C=C(Nc1ccccc1CCC(F)(F)F)C(C)CC1COc2cc(NC(C)=O)cnc2O1. The van der Waals surface area contributed by atoms with Gasteiger partial charge in [0.2, 0.25) is 5.91 Å². The number of amides is 1. The van der Waals surface area contributed by atoms with Crippen LogP contribution in [0.1, 0.15) is 32.3 Å². The minimum atomic E-state index is -4.21. The Morgan fingerprint density at radius 3 is 2.78 bits per heavy atom. The van der Waals surface area contributed by atoms with Crippen molar-refractivity contribution in [1.82, 2.24) is 4.98 Å². The summed E-state index contributed by atoms with van der Waals surface area (Å²) in [5.41, 5.74) is 2.40. The molecule has 6 nitrogen and oxygen atoms in total. The zero-order valence-corrected chi connectivity index (χ0v) is 18.0. The first-order chi connectivity index (χ1) is 15.1. The van der Waals surface area contributed by atoms with E-state index in [2.05, 4.69) is 22.2 Å². The minimum absolute atomic E-state index is 0.0422. The van der Waals surface area contributed by atoms with E-state index in [4.69, 9.17) is 9.47 Å². The lowest BCUT2D eigenvalue weighted by Crippen LogP contribution is -2.32. The van der Waals surface area contributed by atoms with Crippen molar-refractivity contribution in [2.45, 2.75) is 45.4 Å². The van der Waals surface area contributed by atoms with Gasteiger partial charge < -0.3 is 20.1 Å². The number of nitrogens with one attached hydrogen (secondary N) is 2. The summed E-state index contributed by atoms with van der Waals surface area (Å²) in [6, 6.07) is 8.58. The molecule has 2 unspecified atom stereocenters. The maximum atomic E-state index is 12.6. The molecule has 1 amide bonds. The Labute approximate surface area is 184 Å². The molecule has 2 N–H and O–H groups in total. The van der Waals surface area contributed by atoms with Gasteiger partial charge in [0.05, 0.1) is 11.9 Å². The van der Waals surface area contributed by atoms with Crippen LogP contribution in [0.25, 0.3) is 0 Å². The lowest BCUT2D eigenvalue weighted by Gasteiger charge is -2.28. The number of aromatic nitrogens is 1. The van der Waals surface area contributed by atoms with E-state index >= 15 is 0 Å². The van der Waals surface area contributed by atoms with E-state index in [9.17, 15) is 18.0 Å².